The normalized spacial score (nSPS) is 20.1. The number of hydrogen-bond acceptors (Lipinski definition) is 5. The molecule has 2 amide bonds. The molecule has 3 aliphatic rings. The molecule has 1 saturated carbocycles. The van der Waals surface area contributed by atoms with Gasteiger partial charge in [-0.05, 0) is 55.0 Å². The molecule has 4 aromatic heterocycles. The van der Waals surface area contributed by atoms with E-state index in [2.05, 4.69) is 37.0 Å². The molecule has 41 heavy (non-hydrogen) atoms. The quantitative estimate of drug-likeness (QED) is 0.299. The molecule has 12 heteroatoms. The first-order chi connectivity index (χ1) is 19.9. The zero-order chi connectivity index (χ0) is 27.9. The summed E-state index contributed by atoms with van der Waals surface area (Å²) in [5.41, 5.74) is 5.66. The van der Waals surface area contributed by atoms with Gasteiger partial charge in [0.2, 0.25) is 0 Å². The maximum Gasteiger partial charge on any atom is 0.327 e. The molecule has 6 heterocycles. The monoisotopic (exact) mass is 571 g/mol. The van der Waals surface area contributed by atoms with Crippen LogP contribution in [-0.4, -0.2) is 58.3 Å². The van der Waals surface area contributed by atoms with Gasteiger partial charge in [0.15, 0.2) is 5.65 Å². The number of benzene rings is 1. The molecule has 3 N–H and O–H groups in total. The second kappa shape index (κ2) is 8.94. The van der Waals surface area contributed by atoms with Gasteiger partial charge >= 0.3 is 11.7 Å². The van der Waals surface area contributed by atoms with Crippen LogP contribution in [0, 0.1) is 0 Å². The number of carbonyl (C=O) groups is 1. The fourth-order valence-corrected chi connectivity index (χ4v) is 7.06. The first-order valence-corrected chi connectivity index (χ1v) is 14.6. The molecule has 2 fully saturated rings. The predicted octanol–water partition coefficient (Wildman–Crippen LogP) is 4.19. The molecule has 210 valence electrons. The number of amides is 2. The summed E-state index contributed by atoms with van der Waals surface area (Å²) in [6.07, 6.45) is 9.74. The molecule has 8 rings (SSSR count). The van der Waals surface area contributed by atoms with E-state index in [9.17, 15) is 9.59 Å². The van der Waals surface area contributed by atoms with Crippen molar-refractivity contribution in [3.8, 4) is 0 Å². The third-order valence-corrected chi connectivity index (χ3v) is 9.65. The lowest BCUT2D eigenvalue weighted by molar-refractivity contribution is 0.168. The molecule has 1 aromatic carbocycles. The van der Waals surface area contributed by atoms with Crippen LogP contribution in [0.25, 0.3) is 22.1 Å². The van der Waals surface area contributed by atoms with Crippen LogP contribution in [0.15, 0.2) is 41.6 Å². The Morgan fingerprint density at radius 2 is 2.02 bits per heavy atom. The highest BCUT2D eigenvalue weighted by molar-refractivity contribution is 6.35. The van der Waals surface area contributed by atoms with E-state index in [1.54, 1.807) is 10.8 Å². The fraction of sp³-hybridized carbons (Fsp3) is 0.414. The van der Waals surface area contributed by atoms with Crippen molar-refractivity contribution in [3.05, 3.63) is 74.9 Å². The first kappa shape index (κ1) is 24.7. The fourth-order valence-electron chi connectivity index (χ4n) is 6.78. The van der Waals surface area contributed by atoms with Crippen molar-refractivity contribution >= 4 is 39.7 Å². The average molecular weight is 572 g/mol. The second-order valence-electron chi connectivity index (χ2n) is 11.9. The van der Waals surface area contributed by atoms with Gasteiger partial charge in [0.1, 0.15) is 5.82 Å². The first-order valence-electron chi connectivity index (χ1n) is 14.2. The Hall–Kier alpha value is -4.12. The van der Waals surface area contributed by atoms with Crippen molar-refractivity contribution in [1.29, 1.82) is 0 Å². The average Bonchev–Trinajstić information content (AvgIpc) is 3.30. The van der Waals surface area contributed by atoms with Gasteiger partial charge in [0.05, 0.1) is 34.8 Å². The van der Waals surface area contributed by atoms with Crippen LogP contribution in [0.2, 0.25) is 5.02 Å². The summed E-state index contributed by atoms with van der Waals surface area (Å²) in [6.45, 7) is 4.05. The summed E-state index contributed by atoms with van der Waals surface area (Å²) in [5, 5.41) is 12.3. The van der Waals surface area contributed by atoms with Crippen LogP contribution in [0.3, 0.4) is 0 Å². The lowest BCUT2D eigenvalue weighted by atomic mass is 9.98. The van der Waals surface area contributed by atoms with E-state index in [1.165, 1.54) is 11.3 Å². The van der Waals surface area contributed by atoms with Gasteiger partial charge in [-0.3, -0.25) is 14.6 Å². The number of piperidine rings is 1. The van der Waals surface area contributed by atoms with Gasteiger partial charge in [0, 0.05) is 54.4 Å². The lowest BCUT2D eigenvalue weighted by Crippen LogP contribution is -2.47. The third kappa shape index (κ3) is 3.89. The summed E-state index contributed by atoms with van der Waals surface area (Å²) in [6, 6.07) is 5.33. The van der Waals surface area contributed by atoms with E-state index in [0.717, 1.165) is 40.6 Å². The Balaban J connectivity index is 1.07. The number of urea groups is 1. The largest absolute Gasteiger partial charge is 0.328 e. The van der Waals surface area contributed by atoms with Gasteiger partial charge in [-0.25, -0.2) is 19.6 Å². The minimum atomic E-state index is -0.305. The number of carbonyl (C=O) groups excluding carboxylic acids is 1. The van der Waals surface area contributed by atoms with Gasteiger partial charge in [-0.1, -0.05) is 18.5 Å². The molecule has 1 atom stereocenters. The van der Waals surface area contributed by atoms with Crippen molar-refractivity contribution < 1.29 is 4.79 Å². The van der Waals surface area contributed by atoms with E-state index in [4.69, 9.17) is 16.6 Å². The molecule has 0 unspecified atom stereocenters. The van der Waals surface area contributed by atoms with Crippen molar-refractivity contribution in [2.45, 2.75) is 63.1 Å². The molecule has 11 nitrogen and oxygen atoms in total. The highest BCUT2D eigenvalue weighted by Crippen LogP contribution is 2.49. The Kier molecular flexibility index (Phi) is 5.38. The number of halogens is 1. The van der Waals surface area contributed by atoms with Crippen LogP contribution in [-0.2, 0) is 18.4 Å². The number of imidazole rings is 2. The Morgan fingerprint density at radius 3 is 2.83 bits per heavy atom. The minimum absolute atomic E-state index is 0.00881. The van der Waals surface area contributed by atoms with Crippen LogP contribution >= 0.6 is 11.6 Å². The predicted molar refractivity (Wildman–Crippen MR) is 154 cm³/mol. The van der Waals surface area contributed by atoms with Crippen LogP contribution in [0.1, 0.15) is 67.3 Å². The van der Waals surface area contributed by atoms with Gasteiger partial charge in [-0.2, -0.15) is 5.10 Å². The smallest absolute Gasteiger partial charge is 0.327 e. The standard InChI is InChI=1S/C29H30ClN9O2/c1-29(6-7-29)23-14-32-26-21(12-16-11-20(30)24-18(13-33-36-24)19(16)15-38(23)26)34-27(40)37-9-4-17(5-10-37)39-22-3-2-8-31-25(22)35-28(39)41/h2-3,8,11,13-14,17,21H,4-7,9-10,12,15H2,1H3,(H,33,36)(H,34,40)(H,31,35,41)/t21-/m1/s1. The van der Waals surface area contributed by atoms with Gasteiger partial charge in [0.25, 0.3) is 0 Å². The van der Waals surface area contributed by atoms with E-state index < -0.39 is 0 Å². The number of pyridine rings is 1. The van der Waals surface area contributed by atoms with E-state index >= 15 is 0 Å². The highest BCUT2D eigenvalue weighted by Gasteiger charge is 2.43. The zero-order valence-electron chi connectivity index (χ0n) is 22.7. The topological polar surface area (TPSA) is 130 Å². The number of aromatic nitrogens is 7. The van der Waals surface area contributed by atoms with Crippen molar-refractivity contribution in [3.63, 3.8) is 0 Å². The SMILES string of the molecule is CC1(c2cnc3n2Cc2c(cc(Cl)c4[nH]ncc24)C[C@H]3NC(=O)N2CCC(n3c(=O)[nH]c4ncccc43)CC2)CC1. The maximum atomic E-state index is 13.7. The molecule has 0 bridgehead atoms. The number of nitrogens with one attached hydrogen (secondary N) is 3. The van der Waals surface area contributed by atoms with Crippen LogP contribution in [0.5, 0.6) is 0 Å². The Bertz CT molecular complexity index is 1890. The zero-order valence-corrected chi connectivity index (χ0v) is 23.4. The van der Waals surface area contributed by atoms with Gasteiger partial charge in [-0.15, -0.1) is 0 Å². The number of fused-ring (bicyclic) bond motifs is 5. The summed E-state index contributed by atoms with van der Waals surface area (Å²) < 4.78 is 4.09. The third-order valence-electron chi connectivity index (χ3n) is 9.35. The van der Waals surface area contributed by atoms with E-state index in [-0.39, 0.29) is 29.2 Å². The highest BCUT2D eigenvalue weighted by atomic mass is 35.5. The Labute approximate surface area is 239 Å². The van der Waals surface area contributed by atoms with Crippen molar-refractivity contribution in [1.82, 2.24) is 44.5 Å². The minimum Gasteiger partial charge on any atom is -0.328 e. The summed E-state index contributed by atoms with van der Waals surface area (Å²) in [4.78, 5) is 40.2. The van der Waals surface area contributed by atoms with Crippen LogP contribution in [0.4, 0.5) is 4.79 Å². The molecule has 0 radical (unpaired) electrons. The number of H-pyrrole nitrogens is 2. The van der Waals surface area contributed by atoms with Crippen molar-refractivity contribution in [2.24, 2.45) is 0 Å². The van der Waals surface area contributed by atoms with Crippen LogP contribution < -0.4 is 11.0 Å². The molecule has 1 aliphatic carbocycles. The van der Waals surface area contributed by atoms with E-state index in [1.807, 2.05) is 35.5 Å². The number of hydrogen-bond donors (Lipinski definition) is 3. The number of likely N-dealkylation sites (tertiary alicyclic amines) is 1. The molecule has 5 aromatic rings. The van der Waals surface area contributed by atoms with E-state index in [0.29, 0.717) is 49.6 Å². The lowest BCUT2D eigenvalue weighted by Gasteiger charge is -2.33. The molecular formula is C29H30ClN9O2. The Morgan fingerprint density at radius 1 is 1.20 bits per heavy atom. The van der Waals surface area contributed by atoms with Crippen molar-refractivity contribution in [2.75, 3.05) is 13.1 Å². The molecule has 2 aliphatic heterocycles. The summed E-state index contributed by atoms with van der Waals surface area (Å²) >= 11 is 6.65. The summed E-state index contributed by atoms with van der Waals surface area (Å²) in [7, 11) is 0. The molecule has 1 saturated heterocycles. The number of aromatic amines is 2. The summed E-state index contributed by atoms with van der Waals surface area (Å²) in [5.74, 6) is 0.873. The molecule has 0 spiro atoms. The van der Waals surface area contributed by atoms with Gasteiger partial charge < -0.3 is 14.8 Å². The number of nitrogens with zero attached hydrogens (tertiary/aromatic N) is 6. The second-order valence-corrected chi connectivity index (χ2v) is 12.3. The maximum absolute atomic E-state index is 13.7. The number of rotatable bonds is 3. The molecular weight excluding hydrogens is 542 g/mol.